The smallest absolute Gasteiger partial charge is 0.277 e. The summed E-state index contributed by atoms with van der Waals surface area (Å²) in [6.07, 6.45) is 5.01. The Bertz CT molecular complexity index is 1120. The molecule has 178 valence electrons. The highest BCUT2D eigenvalue weighted by atomic mass is 16.5. The number of ether oxygens (including phenoxy) is 3. The van der Waals surface area contributed by atoms with E-state index in [2.05, 4.69) is 10.3 Å². The Labute approximate surface area is 199 Å². The highest BCUT2D eigenvalue weighted by Gasteiger charge is 2.30. The van der Waals surface area contributed by atoms with Gasteiger partial charge in [0.05, 0.1) is 14.2 Å². The number of fused-ring (bicyclic) bond motifs is 1. The van der Waals surface area contributed by atoms with Crippen molar-refractivity contribution in [2.24, 2.45) is 4.99 Å². The normalized spacial score (nSPS) is 17.5. The first-order chi connectivity index (χ1) is 16.5. The lowest BCUT2D eigenvalue weighted by Gasteiger charge is -2.17. The molecule has 8 nitrogen and oxygen atoms in total. The Kier molecular flexibility index (Phi) is 7.15. The summed E-state index contributed by atoms with van der Waals surface area (Å²) in [6.45, 7) is 2.39. The van der Waals surface area contributed by atoms with Crippen LogP contribution in [0.3, 0.4) is 0 Å². The summed E-state index contributed by atoms with van der Waals surface area (Å²) in [4.78, 5) is 31.7. The van der Waals surface area contributed by atoms with Crippen molar-refractivity contribution < 1.29 is 23.8 Å². The average Bonchev–Trinajstić information content (AvgIpc) is 3.00. The standard InChI is InChI=1S/C26H29N3O5/c1-17(25(30)27-19-9-11-20(32-2)12-10-19)34-22-13-8-18(16-23(22)33-3)15-21-26(31)29-14-6-4-5-7-24(29)28-21/h8-13,15-17H,4-7,14H2,1-3H3,(H,27,30)/b21-15-. The van der Waals surface area contributed by atoms with Crippen LogP contribution >= 0.6 is 0 Å². The highest BCUT2D eigenvalue weighted by molar-refractivity contribution is 6.14. The van der Waals surface area contributed by atoms with Crippen molar-refractivity contribution in [1.29, 1.82) is 0 Å². The number of aliphatic imine (C=N–C) groups is 1. The van der Waals surface area contributed by atoms with Crippen molar-refractivity contribution in [3.63, 3.8) is 0 Å². The number of hydrogen-bond acceptors (Lipinski definition) is 6. The highest BCUT2D eigenvalue weighted by Crippen LogP contribution is 2.31. The second-order valence-electron chi connectivity index (χ2n) is 8.21. The van der Waals surface area contributed by atoms with Gasteiger partial charge in [0, 0.05) is 18.7 Å². The Morgan fingerprint density at radius 1 is 1.06 bits per heavy atom. The van der Waals surface area contributed by atoms with Gasteiger partial charge in [0.15, 0.2) is 17.6 Å². The molecule has 2 aliphatic heterocycles. The van der Waals surface area contributed by atoms with Crippen molar-refractivity contribution in [2.45, 2.75) is 38.7 Å². The molecule has 1 N–H and O–H groups in total. The van der Waals surface area contributed by atoms with Crippen molar-refractivity contribution in [1.82, 2.24) is 4.90 Å². The number of rotatable bonds is 7. The third-order valence-corrected chi connectivity index (χ3v) is 5.83. The molecule has 34 heavy (non-hydrogen) atoms. The van der Waals surface area contributed by atoms with E-state index in [1.54, 1.807) is 61.4 Å². The third kappa shape index (κ3) is 5.22. The zero-order valence-corrected chi connectivity index (χ0v) is 19.7. The van der Waals surface area contributed by atoms with Gasteiger partial charge in [-0.25, -0.2) is 4.99 Å². The second-order valence-corrected chi connectivity index (χ2v) is 8.21. The first-order valence-corrected chi connectivity index (χ1v) is 11.4. The van der Waals surface area contributed by atoms with Gasteiger partial charge in [-0.2, -0.15) is 0 Å². The van der Waals surface area contributed by atoms with E-state index in [1.165, 1.54) is 7.11 Å². The monoisotopic (exact) mass is 463 g/mol. The second kappa shape index (κ2) is 10.4. The van der Waals surface area contributed by atoms with E-state index in [4.69, 9.17) is 14.2 Å². The lowest BCUT2D eigenvalue weighted by Crippen LogP contribution is -2.31. The summed E-state index contributed by atoms with van der Waals surface area (Å²) in [6, 6.07) is 12.4. The molecular weight excluding hydrogens is 434 g/mol. The molecule has 0 saturated carbocycles. The maximum Gasteiger partial charge on any atom is 0.277 e. The molecule has 8 heteroatoms. The molecule has 4 rings (SSSR count). The van der Waals surface area contributed by atoms with Crippen LogP contribution in [0.15, 0.2) is 53.2 Å². The van der Waals surface area contributed by atoms with E-state index >= 15 is 0 Å². The number of amidine groups is 1. The Balaban J connectivity index is 1.45. The number of carbonyl (C=O) groups is 2. The molecule has 0 spiro atoms. The van der Waals surface area contributed by atoms with Gasteiger partial charge in [0.25, 0.3) is 11.8 Å². The third-order valence-electron chi connectivity index (χ3n) is 5.83. The molecule has 0 bridgehead atoms. The van der Waals surface area contributed by atoms with Crippen LogP contribution in [0.2, 0.25) is 0 Å². The number of nitrogens with zero attached hydrogens (tertiary/aromatic N) is 2. The fourth-order valence-corrected chi connectivity index (χ4v) is 3.94. The Morgan fingerprint density at radius 2 is 1.85 bits per heavy atom. The number of nitrogens with one attached hydrogen (secondary N) is 1. The van der Waals surface area contributed by atoms with Crippen LogP contribution in [0.4, 0.5) is 5.69 Å². The van der Waals surface area contributed by atoms with Crippen LogP contribution in [0, 0.1) is 0 Å². The number of methoxy groups -OCH3 is 2. The minimum atomic E-state index is -0.761. The van der Waals surface area contributed by atoms with E-state index in [9.17, 15) is 9.59 Å². The molecule has 2 aromatic carbocycles. The average molecular weight is 464 g/mol. The van der Waals surface area contributed by atoms with Crippen LogP contribution in [0.5, 0.6) is 17.2 Å². The van der Waals surface area contributed by atoms with Crippen molar-refractivity contribution in [3.8, 4) is 17.2 Å². The Hall–Kier alpha value is -3.81. The van der Waals surface area contributed by atoms with Gasteiger partial charge in [-0.3, -0.25) is 14.5 Å². The largest absolute Gasteiger partial charge is 0.497 e. The minimum absolute atomic E-state index is 0.0555. The predicted molar refractivity (Wildman–Crippen MR) is 130 cm³/mol. The topological polar surface area (TPSA) is 89.5 Å². The van der Waals surface area contributed by atoms with Crippen LogP contribution in [0.1, 0.15) is 38.2 Å². The summed E-state index contributed by atoms with van der Waals surface area (Å²) in [5.74, 6) is 2.11. The summed E-state index contributed by atoms with van der Waals surface area (Å²) in [5, 5.41) is 2.82. The molecule has 2 aromatic rings. The fourth-order valence-electron chi connectivity index (χ4n) is 3.94. The van der Waals surface area contributed by atoms with Crippen molar-refractivity contribution in [2.75, 3.05) is 26.1 Å². The quantitative estimate of drug-likeness (QED) is 0.620. The molecule has 1 fully saturated rings. The van der Waals surface area contributed by atoms with E-state index in [0.29, 0.717) is 28.6 Å². The summed E-state index contributed by atoms with van der Waals surface area (Å²) >= 11 is 0. The van der Waals surface area contributed by atoms with Crippen LogP contribution in [-0.2, 0) is 9.59 Å². The molecule has 2 amide bonds. The predicted octanol–water partition coefficient (Wildman–Crippen LogP) is 4.27. The van der Waals surface area contributed by atoms with Gasteiger partial charge >= 0.3 is 0 Å². The van der Waals surface area contributed by atoms with Crippen molar-refractivity contribution in [3.05, 3.63) is 53.7 Å². The number of carbonyl (C=O) groups excluding carboxylic acids is 2. The van der Waals surface area contributed by atoms with Crippen molar-refractivity contribution >= 4 is 29.4 Å². The molecule has 1 saturated heterocycles. The van der Waals surface area contributed by atoms with Gasteiger partial charge in [-0.15, -0.1) is 0 Å². The van der Waals surface area contributed by atoms with Gasteiger partial charge in [0.1, 0.15) is 17.3 Å². The van der Waals surface area contributed by atoms with Gasteiger partial charge in [0.2, 0.25) is 0 Å². The molecular formula is C26H29N3O5. The van der Waals surface area contributed by atoms with Gasteiger partial charge in [-0.1, -0.05) is 12.5 Å². The fraction of sp³-hybridized carbons (Fsp3) is 0.346. The summed E-state index contributed by atoms with van der Waals surface area (Å²) < 4.78 is 16.5. The van der Waals surface area contributed by atoms with E-state index in [-0.39, 0.29) is 11.8 Å². The van der Waals surface area contributed by atoms with E-state index in [0.717, 1.165) is 43.6 Å². The van der Waals surface area contributed by atoms with Crippen LogP contribution in [-0.4, -0.2) is 49.4 Å². The summed E-state index contributed by atoms with van der Waals surface area (Å²) in [7, 11) is 3.12. The molecule has 2 aliphatic rings. The zero-order chi connectivity index (χ0) is 24.1. The van der Waals surface area contributed by atoms with Crippen LogP contribution in [0.25, 0.3) is 6.08 Å². The van der Waals surface area contributed by atoms with E-state index in [1.807, 2.05) is 6.07 Å². The first-order valence-electron chi connectivity index (χ1n) is 11.4. The lowest BCUT2D eigenvalue weighted by molar-refractivity contribution is -0.123. The molecule has 2 heterocycles. The molecule has 0 aromatic heterocycles. The maximum atomic E-state index is 12.8. The number of amides is 2. The molecule has 0 radical (unpaired) electrons. The number of benzene rings is 2. The molecule has 1 unspecified atom stereocenters. The van der Waals surface area contributed by atoms with Gasteiger partial charge < -0.3 is 19.5 Å². The zero-order valence-electron chi connectivity index (χ0n) is 19.7. The minimum Gasteiger partial charge on any atom is -0.497 e. The number of anilines is 1. The maximum absolute atomic E-state index is 12.8. The van der Waals surface area contributed by atoms with E-state index < -0.39 is 6.10 Å². The van der Waals surface area contributed by atoms with Crippen LogP contribution < -0.4 is 19.5 Å². The van der Waals surface area contributed by atoms with Gasteiger partial charge in [-0.05, 0) is 67.8 Å². The molecule has 1 atom stereocenters. The SMILES string of the molecule is COc1ccc(NC(=O)C(C)Oc2ccc(/C=C3\N=C4CCCCCN4C3=O)cc2OC)cc1. The molecule has 0 aliphatic carbocycles. The Morgan fingerprint density at radius 3 is 2.59 bits per heavy atom. The summed E-state index contributed by atoms with van der Waals surface area (Å²) in [5.41, 5.74) is 1.84. The lowest BCUT2D eigenvalue weighted by atomic mass is 10.1. The number of hydrogen-bond donors (Lipinski definition) is 1. The first kappa shape index (κ1) is 23.4.